The van der Waals surface area contributed by atoms with E-state index >= 15 is 0 Å². The molecule has 3 rings (SSSR count). The predicted octanol–water partition coefficient (Wildman–Crippen LogP) is 3.91. The number of carbonyl (C=O) groups is 2. The van der Waals surface area contributed by atoms with E-state index in [0.717, 1.165) is 18.4 Å². The minimum Gasteiger partial charge on any atom is -0.453 e. The minimum atomic E-state index is -0.605. The van der Waals surface area contributed by atoms with Crippen LogP contribution < -0.4 is 16.1 Å². The van der Waals surface area contributed by atoms with Crippen molar-refractivity contribution in [2.24, 2.45) is 0 Å². The quantitative estimate of drug-likeness (QED) is 0.626. The number of pyridine rings is 1. The van der Waals surface area contributed by atoms with Crippen molar-refractivity contribution in [1.82, 2.24) is 4.98 Å². The number of carbonyl (C=O) groups excluding carboxylic acids is 2. The SMILES string of the molecule is CCCc1ccc(NC(=O)OC)cc1NC(=O)c1c[nH]c2ccccc2c1=O. The number of nitrogens with one attached hydrogen (secondary N) is 3. The standard InChI is InChI=1S/C21H21N3O4/c1-3-6-13-9-10-14(23-21(27)28-2)11-18(13)24-20(26)16-12-22-17-8-5-4-7-15(17)19(16)25/h4-5,7-12H,3,6H2,1-2H3,(H,22,25)(H,23,27)(H,24,26). The molecular formula is C21H21N3O4. The Hall–Kier alpha value is -3.61. The summed E-state index contributed by atoms with van der Waals surface area (Å²) in [5.74, 6) is -0.514. The first-order valence-corrected chi connectivity index (χ1v) is 8.93. The molecule has 0 spiro atoms. The number of amides is 2. The van der Waals surface area contributed by atoms with Crippen LogP contribution in [0.3, 0.4) is 0 Å². The molecule has 0 aliphatic rings. The molecular weight excluding hydrogens is 358 g/mol. The zero-order valence-electron chi connectivity index (χ0n) is 15.7. The molecule has 28 heavy (non-hydrogen) atoms. The van der Waals surface area contributed by atoms with Crippen molar-refractivity contribution in [3.8, 4) is 0 Å². The summed E-state index contributed by atoms with van der Waals surface area (Å²) >= 11 is 0. The third-order valence-corrected chi connectivity index (χ3v) is 4.34. The second kappa shape index (κ2) is 8.39. The molecule has 0 unspecified atom stereocenters. The molecule has 0 aliphatic heterocycles. The molecule has 0 saturated carbocycles. The van der Waals surface area contributed by atoms with Gasteiger partial charge in [0.2, 0.25) is 5.43 Å². The van der Waals surface area contributed by atoms with Gasteiger partial charge in [-0.2, -0.15) is 0 Å². The molecule has 0 saturated heterocycles. The Kier molecular flexibility index (Phi) is 5.74. The summed E-state index contributed by atoms with van der Waals surface area (Å²) in [7, 11) is 1.27. The Morgan fingerprint density at radius 2 is 1.89 bits per heavy atom. The first kappa shape index (κ1) is 19.2. The highest BCUT2D eigenvalue weighted by atomic mass is 16.5. The van der Waals surface area contributed by atoms with Crippen LogP contribution in [0.25, 0.3) is 10.9 Å². The molecule has 0 fully saturated rings. The van der Waals surface area contributed by atoms with Gasteiger partial charge in [0.05, 0.1) is 7.11 Å². The third-order valence-electron chi connectivity index (χ3n) is 4.34. The smallest absolute Gasteiger partial charge is 0.411 e. The Morgan fingerprint density at radius 3 is 2.64 bits per heavy atom. The van der Waals surface area contributed by atoms with Crippen LogP contribution in [-0.2, 0) is 11.2 Å². The van der Waals surface area contributed by atoms with Gasteiger partial charge in [-0.3, -0.25) is 14.9 Å². The molecule has 3 aromatic rings. The van der Waals surface area contributed by atoms with E-state index in [1.54, 1.807) is 30.3 Å². The first-order valence-electron chi connectivity index (χ1n) is 8.93. The molecule has 7 nitrogen and oxygen atoms in total. The van der Waals surface area contributed by atoms with Crippen LogP contribution in [0.15, 0.2) is 53.5 Å². The second-order valence-corrected chi connectivity index (χ2v) is 6.27. The molecule has 1 aromatic heterocycles. The van der Waals surface area contributed by atoms with Gasteiger partial charge in [-0.1, -0.05) is 31.5 Å². The van der Waals surface area contributed by atoms with Crippen molar-refractivity contribution in [2.45, 2.75) is 19.8 Å². The van der Waals surface area contributed by atoms with Crippen molar-refractivity contribution < 1.29 is 14.3 Å². The molecule has 0 radical (unpaired) electrons. The van der Waals surface area contributed by atoms with Gasteiger partial charge < -0.3 is 15.0 Å². The van der Waals surface area contributed by atoms with Crippen LogP contribution in [0.2, 0.25) is 0 Å². The summed E-state index contributed by atoms with van der Waals surface area (Å²) < 4.78 is 4.60. The lowest BCUT2D eigenvalue weighted by atomic mass is 10.1. The fourth-order valence-corrected chi connectivity index (χ4v) is 2.95. The van der Waals surface area contributed by atoms with Gasteiger partial charge in [0.25, 0.3) is 5.91 Å². The van der Waals surface area contributed by atoms with Crippen molar-refractivity contribution in [1.29, 1.82) is 0 Å². The Balaban J connectivity index is 1.94. The number of para-hydroxylation sites is 1. The fraction of sp³-hybridized carbons (Fsp3) is 0.190. The third kappa shape index (κ3) is 4.03. The van der Waals surface area contributed by atoms with E-state index in [0.29, 0.717) is 22.3 Å². The second-order valence-electron chi connectivity index (χ2n) is 6.27. The van der Waals surface area contributed by atoms with Gasteiger partial charge in [0.1, 0.15) is 5.56 Å². The summed E-state index contributed by atoms with van der Waals surface area (Å²) in [6, 6.07) is 12.2. The highest BCUT2D eigenvalue weighted by Gasteiger charge is 2.15. The maximum atomic E-state index is 12.8. The van der Waals surface area contributed by atoms with Crippen molar-refractivity contribution in [2.75, 3.05) is 17.7 Å². The number of anilines is 2. The minimum absolute atomic E-state index is 0.0208. The normalized spacial score (nSPS) is 10.5. The van der Waals surface area contributed by atoms with Crippen LogP contribution in [-0.4, -0.2) is 24.1 Å². The molecule has 2 amide bonds. The van der Waals surface area contributed by atoms with Gasteiger partial charge in [-0.15, -0.1) is 0 Å². The molecule has 0 aliphatic carbocycles. The van der Waals surface area contributed by atoms with Gasteiger partial charge in [0, 0.05) is 28.5 Å². The van der Waals surface area contributed by atoms with Crippen molar-refractivity contribution in [3.05, 3.63) is 70.0 Å². The lowest BCUT2D eigenvalue weighted by molar-refractivity contribution is 0.102. The van der Waals surface area contributed by atoms with Crippen LogP contribution >= 0.6 is 0 Å². The van der Waals surface area contributed by atoms with Gasteiger partial charge in [0.15, 0.2) is 0 Å². The summed E-state index contributed by atoms with van der Waals surface area (Å²) in [5, 5.41) is 5.82. The summed E-state index contributed by atoms with van der Waals surface area (Å²) in [4.78, 5) is 39.9. The lowest BCUT2D eigenvalue weighted by Gasteiger charge is -2.13. The van der Waals surface area contributed by atoms with E-state index in [1.165, 1.54) is 13.3 Å². The number of hydrogen-bond donors (Lipinski definition) is 3. The lowest BCUT2D eigenvalue weighted by Crippen LogP contribution is -2.22. The number of H-pyrrole nitrogens is 1. The number of rotatable bonds is 5. The van der Waals surface area contributed by atoms with Crippen molar-refractivity contribution in [3.63, 3.8) is 0 Å². The average Bonchev–Trinajstić information content (AvgIpc) is 2.70. The number of benzene rings is 2. The number of ether oxygens (including phenoxy) is 1. The highest BCUT2D eigenvalue weighted by Crippen LogP contribution is 2.23. The monoisotopic (exact) mass is 379 g/mol. The van der Waals surface area contributed by atoms with Gasteiger partial charge in [-0.25, -0.2) is 4.79 Å². The molecule has 2 aromatic carbocycles. The van der Waals surface area contributed by atoms with Gasteiger partial charge >= 0.3 is 6.09 Å². The van der Waals surface area contributed by atoms with Crippen LogP contribution in [0, 0.1) is 0 Å². The topological polar surface area (TPSA) is 100 Å². The number of fused-ring (bicyclic) bond motifs is 1. The molecule has 3 N–H and O–H groups in total. The maximum Gasteiger partial charge on any atom is 0.411 e. The first-order chi connectivity index (χ1) is 13.5. The Bertz CT molecular complexity index is 1090. The number of aromatic nitrogens is 1. The van der Waals surface area contributed by atoms with E-state index < -0.39 is 12.0 Å². The maximum absolute atomic E-state index is 12.8. The molecule has 144 valence electrons. The van der Waals surface area contributed by atoms with Crippen LogP contribution in [0.1, 0.15) is 29.3 Å². The molecule has 1 heterocycles. The number of methoxy groups -OCH3 is 1. The highest BCUT2D eigenvalue weighted by molar-refractivity contribution is 6.06. The van der Waals surface area contributed by atoms with Crippen LogP contribution in [0.4, 0.5) is 16.2 Å². The average molecular weight is 379 g/mol. The van der Waals surface area contributed by atoms with E-state index in [4.69, 9.17) is 0 Å². The molecule has 7 heteroatoms. The van der Waals surface area contributed by atoms with E-state index in [2.05, 4.69) is 20.4 Å². The van der Waals surface area contributed by atoms with Gasteiger partial charge in [-0.05, 0) is 36.2 Å². The summed E-state index contributed by atoms with van der Waals surface area (Å²) in [6.07, 6.45) is 2.42. The van der Waals surface area contributed by atoms with Crippen molar-refractivity contribution >= 4 is 34.3 Å². The zero-order chi connectivity index (χ0) is 20.1. The van der Waals surface area contributed by atoms with E-state index in [-0.39, 0.29) is 11.0 Å². The predicted molar refractivity (Wildman–Crippen MR) is 109 cm³/mol. The number of hydrogen-bond acceptors (Lipinski definition) is 4. The van der Waals surface area contributed by atoms with E-state index in [1.807, 2.05) is 19.1 Å². The zero-order valence-corrected chi connectivity index (χ0v) is 15.7. The fourth-order valence-electron chi connectivity index (χ4n) is 2.95. The van der Waals surface area contributed by atoms with Crippen LogP contribution in [0.5, 0.6) is 0 Å². The summed E-state index contributed by atoms with van der Waals surface area (Å²) in [5.41, 5.74) is 2.27. The Labute approximate surface area is 161 Å². The summed E-state index contributed by atoms with van der Waals surface area (Å²) in [6.45, 7) is 2.03. The molecule has 0 atom stereocenters. The molecule has 0 bridgehead atoms. The largest absolute Gasteiger partial charge is 0.453 e. The Morgan fingerprint density at radius 1 is 1.11 bits per heavy atom. The van der Waals surface area contributed by atoms with E-state index in [9.17, 15) is 14.4 Å². The number of aryl methyl sites for hydroxylation is 1. The number of aromatic amines is 1.